The zero-order valence-corrected chi connectivity index (χ0v) is 13.0. The normalized spacial score (nSPS) is 15.5. The highest BCUT2D eigenvalue weighted by atomic mass is 16.2. The molecular formula is C16H24N4O2. The van der Waals surface area contributed by atoms with Crippen LogP contribution in [0.25, 0.3) is 0 Å². The Labute approximate surface area is 131 Å². The second-order valence-electron chi connectivity index (χ2n) is 5.73. The molecule has 2 rings (SSSR count). The van der Waals surface area contributed by atoms with Crippen LogP contribution >= 0.6 is 0 Å². The predicted molar refractivity (Wildman–Crippen MR) is 86.5 cm³/mol. The van der Waals surface area contributed by atoms with Crippen LogP contribution < -0.4 is 16.0 Å². The van der Waals surface area contributed by atoms with Gasteiger partial charge in [-0.1, -0.05) is 12.1 Å². The molecule has 1 aromatic rings. The highest BCUT2D eigenvalue weighted by Gasteiger charge is 2.12. The smallest absolute Gasteiger partial charge is 0.240 e. The molecule has 0 radical (unpaired) electrons. The van der Waals surface area contributed by atoms with Gasteiger partial charge in [-0.25, -0.2) is 0 Å². The first-order chi connectivity index (χ1) is 10.7. The van der Waals surface area contributed by atoms with Gasteiger partial charge in [0.05, 0.1) is 6.54 Å². The topological polar surface area (TPSA) is 73.5 Å². The molecule has 0 saturated carbocycles. The highest BCUT2D eigenvalue weighted by Crippen LogP contribution is 2.16. The zero-order valence-electron chi connectivity index (χ0n) is 13.0. The van der Waals surface area contributed by atoms with Crippen molar-refractivity contribution in [2.45, 2.75) is 25.4 Å². The van der Waals surface area contributed by atoms with Gasteiger partial charge in [0.1, 0.15) is 0 Å². The van der Waals surface area contributed by atoms with Gasteiger partial charge < -0.3 is 10.6 Å². The fourth-order valence-electron chi connectivity index (χ4n) is 2.69. The number of carbonyl (C=O) groups excluding carboxylic acids is 2. The van der Waals surface area contributed by atoms with Crippen LogP contribution in [0.2, 0.25) is 0 Å². The van der Waals surface area contributed by atoms with Gasteiger partial charge >= 0.3 is 0 Å². The fourth-order valence-corrected chi connectivity index (χ4v) is 2.69. The quantitative estimate of drug-likeness (QED) is 0.642. The average Bonchev–Trinajstić information content (AvgIpc) is 2.48. The number of piperidine rings is 1. The first-order valence-corrected chi connectivity index (χ1v) is 7.65. The minimum Gasteiger partial charge on any atom is -0.382 e. The number of likely N-dealkylation sites (N-methyl/N-ethyl adjacent to an activating group) is 1. The number of anilines is 1. The third-order valence-corrected chi connectivity index (χ3v) is 3.72. The van der Waals surface area contributed by atoms with E-state index >= 15 is 0 Å². The van der Waals surface area contributed by atoms with E-state index in [1.165, 1.54) is 0 Å². The van der Waals surface area contributed by atoms with Crippen molar-refractivity contribution in [3.8, 4) is 0 Å². The molecule has 0 aromatic heterocycles. The molecule has 3 N–H and O–H groups in total. The molecule has 1 aromatic carbocycles. The van der Waals surface area contributed by atoms with Crippen molar-refractivity contribution < 1.29 is 9.59 Å². The minimum atomic E-state index is -0.290. The molecule has 120 valence electrons. The van der Waals surface area contributed by atoms with E-state index in [9.17, 15) is 9.59 Å². The van der Waals surface area contributed by atoms with Crippen molar-refractivity contribution in [1.82, 2.24) is 15.5 Å². The molecule has 0 atom stereocenters. The third kappa shape index (κ3) is 5.46. The van der Waals surface area contributed by atoms with Crippen LogP contribution in [0.4, 0.5) is 5.69 Å². The Morgan fingerprint density at radius 2 is 2.18 bits per heavy atom. The molecule has 1 heterocycles. The zero-order chi connectivity index (χ0) is 15.8. The molecule has 0 aliphatic carbocycles. The second kappa shape index (κ2) is 8.51. The lowest BCUT2D eigenvalue weighted by atomic mass is 10.1. The molecule has 1 fully saturated rings. The molecule has 0 bridgehead atoms. The molecule has 6 heteroatoms. The van der Waals surface area contributed by atoms with Crippen molar-refractivity contribution in [1.29, 1.82) is 0 Å². The van der Waals surface area contributed by atoms with Crippen molar-refractivity contribution in [2.24, 2.45) is 0 Å². The molecule has 6 nitrogen and oxygen atoms in total. The average molecular weight is 304 g/mol. The summed E-state index contributed by atoms with van der Waals surface area (Å²) in [5, 5.41) is 9.08. The summed E-state index contributed by atoms with van der Waals surface area (Å²) in [4.78, 5) is 23.5. The van der Waals surface area contributed by atoms with E-state index in [-0.39, 0.29) is 12.5 Å². The van der Waals surface area contributed by atoms with Crippen molar-refractivity contribution >= 4 is 18.0 Å². The summed E-state index contributed by atoms with van der Waals surface area (Å²) < 4.78 is 0. The molecule has 2 amide bonds. The third-order valence-electron chi connectivity index (χ3n) is 3.72. The van der Waals surface area contributed by atoms with Crippen LogP contribution in [-0.4, -0.2) is 49.9 Å². The second-order valence-corrected chi connectivity index (χ2v) is 5.73. The van der Waals surface area contributed by atoms with E-state index in [0.29, 0.717) is 19.0 Å². The summed E-state index contributed by atoms with van der Waals surface area (Å²) >= 11 is 0. The van der Waals surface area contributed by atoms with Gasteiger partial charge in [-0.2, -0.15) is 0 Å². The summed E-state index contributed by atoms with van der Waals surface area (Å²) in [6, 6.07) is 8.79. The highest BCUT2D eigenvalue weighted by molar-refractivity contribution is 5.87. The Bertz CT molecular complexity index is 501. The van der Waals surface area contributed by atoms with Crippen molar-refractivity contribution in [2.75, 3.05) is 32.0 Å². The number of hydrogen-bond acceptors (Lipinski definition) is 5. The van der Waals surface area contributed by atoms with Gasteiger partial charge in [0.15, 0.2) is 0 Å². The van der Waals surface area contributed by atoms with Crippen LogP contribution in [0, 0.1) is 0 Å². The Morgan fingerprint density at radius 1 is 1.41 bits per heavy atom. The van der Waals surface area contributed by atoms with Crippen molar-refractivity contribution in [3.05, 3.63) is 29.8 Å². The van der Waals surface area contributed by atoms with Crippen LogP contribution in [0.15, 0.2) is 24.3 Å². The number of carbonyl (C=O) groups is 2. The van der Waals surface area contributed by atoms with Gasteiger partial charge in [0.2, 0.25) is 12.3 Å². The SMILES string of the molecule is CN(CC(=O)NC=O)Cc1cccc(NC2CCNCC2)c1. The van der Waals surface area contributed by atoms with E-state index in [2.05, 4.69) is 28.1 Å². The molecule has 1 aliphatic rings. The first-order valence-electron chi connectivity index (χ1n) is 7.65. The summed E-state index contributed by atoms with van der Waals surface area (Å²) in [7, 11) is 1.86. The Balaban J connectivity index is 1.87. The van der Waals surface area contributed by atoms with Gasteiger partial charge in [-0.15, -0.1) is 0 Å². The minimum absolute atomic E-state index is 0.199. The van der Waals surface area contributed by atoms with E-state index < -0.39 is 0 Å². The maximum absolute atomic E-state index is 11.4. The van der Waals surface area contributed by atoms with Gasteiger partial charge in [-0.05, 0) is 50.7 Å². The van der Waals surface area contributed by atoms with Gasteiger partial charge in [0, 0.05) is 18.3 Å². The molecular weight excluding hydrogens is 280 g/mol. The van der Waals surface area contributed by atoms with Crippen LogP contribution in [-0.2, 0) is 16.1 Å². The lowest BCUT2D eigenvalue weighted by Crippen LogP contribution is -2.35. The summed E-state index contributed by atoms with van der Waals surface area (Å²) in [6.07, 6.45) is 2.69. The van der Waals surface area contributed by atoms with Crippen LogP contribution in [0.5, 0.6) is 0 Å². The number of nitrogens with zero attached hydrogens (tertiary/aromatic N) is 1. The van der Waals surface area contributed by atoms with Gasteiger partial charge in [-0.3, -0.25) is 19.8 Å². The number of nitrogens with one attached hydrogen (secondary N) is 3. The number of imide groups is 1. The number of rotatable bonds is 7. The molecule has 0 spiro atoms. The van der Waals surface area contributed by atoms with E-state index in [1.807, 2.05) is 24.1 Å². The van der Waals surface area contributed by atoms with Gasteiger partial charge in [0.25, 0.3) is 0 Å². The summed E-state index contributed by atoms with van der Waals surface area (Å²) in [5.74, 6) is -0.290. The largest absolute Gasteiger partial charge is 0.382 e. The molecule has 0 unspecified atom stereocenters. The van der Waals surface area contributed by atoms with Crippen molar-refractivity contribution in [3.63, 3.8) is 0 Å². The number of amides is 2. The van der Waals surface area contributed by atoms with E-state index in [4.69, 9.17) is 0 Å². The fraction of sp³-hybridized carbons (Fsp3) is 0.500. The molecule has 1 saturated heterocycles. The Kier molecular flexibility index (Phi) is 6.36. The maximum Gasteiger partial charge on any atom is 0.240 e. The maximum atomic E-state index is 11.4. The molecule has 1 aliphatic heterocycles. The summed E-state index contributed by atoms with van der Waals surface area (Å²) in [6.45, 7) is 2.98. The van der Waals surface area contributed by atoms with E-state index in [1.54, 1.807) is 0 Å². The lowest BCUT2D eigenvalue weighted by Gasteiger charge is -2.25. The predicted octanol–water partition coefficient (Wildman–Crippen LogP) is 0.555. The van der Waals surface area contributed by atoms with Crippen LogP contribution in [0.3, 0.4) is 0 Å². The first kappa shape index (κ1) is 16.5. The monoisotopic (exact) mass is 304 g/mol. The number of benzene rings is 1. The number of hydrogen-bond donors (Lipinski definition) is 3. The Hall–Kier alpha value is -1.92. The standard InChI is InChI=1S/C16H24N4O2/c1-20(11-16(22)18-12-21)10-13-3-2-4-15(9-13)19-14-5-7-17-8-6-14/h2-4,9,12,14,17,19H,5-8,10-11H2,1H3,(H,18,21,22). The molecule has 22 heavy (non-hydrogen) atoms. The van der Waals surface area contributed by atoms with E-state index in [0.717, 1.165) is 37.2 Å². The summed E-state index contributed by atoms with van der Waals surface area (Å²) in [5.41, 5.74) is 2.26. The van der Waals surface area contributed by atoms with Crippen LogP contribution in [0.1, 0.15) is 18.4 Å². The Morgan fingerprint density at radius 3 is 2.91 bits per heavy atom. The lowest BCUT2D eigenvalue weighted by molar-refractivity contribution is -0.125.